The van der Waals surface area contributed by atoms with Crippen molar-refractivity contribution in [3.63, 3.8) is 0 Å². The Balaban J connectivity index is 1.40. The molecule has 5 nitrogen and oxygen atoms in total. The smallest absolute Gasteiger partial charge is 0.313 e. The number of carbonyl (C=O) groups is 2. The van der Waals surface area contributed by atoms with Gasteiger partial charge in [-0.25, -0.2) is 0 Å². The van der Waals surface area contributed by atoms with E-state index in [-0.39, 0.29) is 6.04 Å². The molecule has 152 valence electrons. The van der Waals surface area contributed by atoms with E-state index in [0.29, 0.717) is 11.6 Å². The van der Waals surface area contributed by atoms with Gasteiger partial charge in [0, 0.05) is 24.5 Å². The van der Waals surface area contributed by atoms with Crippen molar-refractivity contribution in [2.24, 2.45) is 5.92 Å². The predicted molar refractivity (Wildman–Crippen MR) is 116 cm³/mol. The molecule has 1 heterocycles. The first kappa shape index (κ1) is 19.5. The molecule has 5 heteroatoms. The van der Waals surface area contributed by atoms with Gasteiger partial charge in [0.1, 0.15) is 0 Å². The lowest BCUT2D eigenvalue weighted by molar-refractivity contribution is -0.137. The average Bonchev–Trinajstić information content (AvgIpc) is 2.73. The summed E-state index contributed by atoms with van der Waals surface area (Å²) in [5, 5.41) is 5.75. The summed E-state index contributed by atoms with van der Waals surface area (Å²) in [6.07, 6.45) is 7.01. The zero-order chi connectivity index (χ0) is 20.1. The van der Waals surface area contributed by atoms with Gasteiger partial charge in [-0.15, -0.1) is 0 Å². The van der Waals surface area contributed by atoms with E-state index >= 15 is 0 Å². The summed E-state index contributed by atoms with van der Waals surface area (Å²) in [6.45, 7) is 2.08. The number of nitrogens with zero attached hydrogens (tertiary/aromatic N) is 1. The number of anilines is 2. The SMILES string of the molecule is O=C(Nc1cccc(N2CCCCC2)c1)C(=O)NC(c1ccccc1)C1CCC1. The molecule has 0 spiro atoms. The molecule has 2 amide bonds. The van der Waals surface area contributed by atoms with Crippen molar-refractivity contribution in [3.8, 4) is 0 Å². The van der Waals surface area contributed by atoms with Crippen molar-refractivity contribution in [2.45, 2.75) is 44.6 Å². The highest BCUT2D eigenvalue weighted by molar-refractivity contribution is 6.39. The van der Waals surface area contributed by atoms with Gasteiger partial charge in [0.15, 0.2) is 0 Å². The summed E-state index contributed by atoms with van der Waals surface area (Å²) in [7, 11) is 0. The summed E-state index contributed by atoms with van der Waals surface area (Å²) in [4.78, 5) is 27.5. The highest BCUT2D eigenvalue weighted by atomic mass is 16.2. The second-order valence-electron chi connectivity index (χ2n) is 8.10. The van der Waals surface area contributed by atoms with Crippen LogP contribution < -0.4 is 15.5 Å². The molecular formula is C24H29N3O2. The third-order valence-corrected chi connectivity index (χ3v) is 6.10. The minimum absolute atomic E-state index is 0.108. The summed E-state index contributed by atoms with van der Waals surface area (Å²) in [6, 6.07) is 17.6. The first-order chi connectivity index (χ1) is 14.2. The maximum absolute atomic E-state index is 12.6. The lowest BCUT2D eigenvalue weighted by Gasteiger charge is -2.34. The van der Waals surface area contributed by atoms with Crippen LogP contribution >= 0.6 is 0 Å². The topological polar surface area (TPSA) is 61.4 Å². The van der Waals surface area contributed by atoms with Crippen LogP contribution in [0.5, 0.6) is 0 Å². The quantitative estimate of drug-likeness (QED) is 0.748. The fourth-order valence-corrected chi connectivity index (χ4v) is 4.23. The monoisotopic (exact) mass is 391 g/mol. The molecule has 1 unspecified atom stereocenters. The molecule has 2 fully saturated rings. The Labute approximate surface area is 172 Å². The predicted octanol–water partition coefficient (Wildman–Crippen LogP) is 4.27. The van der Waals surface area contributed by atoms with E-state index in [1.807, 2.05) is 48.5 Å². The van der Waals surface area contributed by atoms with Crippen molar-refractivity contribution >= 4 is 23.2 Å². The maximum Gasteiger partial charge on any atom is 0.313 e. The van der Waals surface area contributed by atoms with Crippen LogP contribution in [0.25, 0.3) is 0 Å². The van der Waals surface area contributed by atoms with E-state index in [1.165, 1.54) is 25.7 Å². The number of hydrogen-bond donors (Lipinski definition) is 2. The van der Waals surface area contributed by atoms with Gasteiger partial charge in [0.05, 0.1) is 6.04 Å². The Hall–Kier alpha value is -2.82. The molecule has 2 aliphatic rings. The summed E-state index contributed by atoms with van der Waals surface area (Å²) < 4.78 is 0. The zero-order valence-electron chi connectivity index (χ0n) is 16.8. The molecule has 0 aromatic heterocycles. The molecule has 2 N–H and O–H groups in total. The first-order valence-corrected chi connectivity index (χ1v) is 10.7. The second kappa shape index (κ2) is 9.12. The van der Waals surface area contributed by atoms with Crippen molar-refractivity contribution in [2.75, 3.05) is 23.3 Å². The summed E-state index contributed by atoms with van der Waals surface area (Å²) >= 11 is 0. The van der Waals surface area contributed by atoms with Gasteiger partial charge in [0.2, 0.25) is 0 Å². The Morgan fingerprint density at radius 2 is 1.62 bits per heavy atom. The molecule has 0 bridgehead atoms. The van der Waals surface area contributed by atoms with Gasteiger partial charge in [-0.05, 0) is 61.8 Å². The third-order valence-electron chi connectivity index (χ3n) is 6.10. The van der Waals surface area contributed by atoms with E-state index in [9.17, 15) is 9.59 Å². The normalized spacial score (nSPS) is 17.9. The molecule has 1 saturated heterocycles. The van der Waals surface area contributed by atoms with Gasteiger partial charge < -0.3 is 15.5 Å². The largest absolute Gasteiger partial charge is 0.371 e. The number of piperidine rings is 1. The highest BCUT2D eigenvalue weighted by Gasteiger charge is 2.31. The van der Waals surface area contributed by atoms with Crippen LogP contribution in [0.15, 0.2) is 54.6 Å². The number of rotatable bonds is 5. The van der Waals surface area contributed by atoms with Crippen LogP contribution in [0.1, 0.15) is 50.1 Å². The average molecular weight is 392 g/mol. The van der Waals surface area contributed by atoms with Crippen LogP contribution in [0.2, 0.25) is 0 Å². The molecule has 1 aliphatic carbocycles. The maximum atomic E-state index is 12.6. The van der Waals surface area contributed by atoms with Crippen molar-refractivity contribution < 1.29 is 9.59 Å². The minimum Gasteiger partial charge on any atom is -0.371 e. The molecule has 1 aliphatic heterocycles. The highest BCUT2D eigenvalue weighted by Crippen LogP contribution is 2.37. The van der Waals surface area contributed by atoms with E-state index in [1.54, 1.807) is 0 Å². The fraction of sp³-hybridized carbons (Fsp3) is 0.417. The lowest BCUT2D eigenvalue weighted by atomic mass is 9.77. The Morgan fingerprint density at radius 3 is 2.31 bits per heavy atom. The number of benzene rings is 2. The van der Waals surface area contributed by atoms with Crippen LogP contribution in [-0.2, 0) is 9.59 Å². The summed E-state index contributed by atoms with van der Waals surface area (Å²) in [5.41, 5.74) is 2.82. The Morgan fingerprint density at radius 1 is 0.862 bits per heavy atom. The van der Waals surface area contributed by atoms with Gasteiger partial charge in [-0.1, -0.05) is 42.8 Å². The summed E-state index contributed by atoms with van der Waals surface area (Å²) in [5.74, 6) is -0.785. The number of hydrogen-bond acceptors (Lipinski definition) is 3. The van der Waals surface area contributed by atoms with Gasteiger partial charge in [-0.3, -0.25) is 9.59 Å². The zero-order valence-corrected chi connectivity index (χ0v) is 16.8. The van der Waals surface area contributed by atoms with Crippen molar-refractivity contribution in [1.82, 2.24) is 5.32 Å². The van der Waals surface area contributed by atoms with Crippen molar-refractivity contribution in [3.05, 3.63) is 60.2 Å². The number of carbonyl (C=O) groups excluding carboxylic acids is 2. The molecule has 1 atom stereocenters. The fourth-order valence-electron chi connectivity index (χ4n) is 4.23. The standard InChI is InChI=1S/C24H29N3O2/c28-23(25-20-13-8-14-21(17-20)27-15-5-2-6-16-27)24(29)26-22(19-11-7-12-19)18-9-3-1-4-10-18/h1,3-4,8-10,13-14,17,19,22H,2,5-7,11-12,15-16H2,(H,25,28)(H,26,29). The molecular weight excluding hydrogens is 362 g/mol. The van der Waals surface area contributed by atoms with Gasteiger partial charge >= 0.3 is 11.8 Å². The number of amides is 2. The van der Waals surface area contributed by atoms with Crippen molar-refractivity contribution in [1.29, 1.82) is 0 Å². The first-order valence-electron chi connectivity index (χ1n) is 10.7. The van der Waals surface area contributed by atoms with Crippen LogP contribution in [0.3, 0.4) is 0 Å². The van der Waals surface area contributed by atoms with Gasteiger partial charge in [-0.2, -0.15) is 0 Å². The van der Waals surface area contributed by atoms with Gasteiger partial charge in [0.25, 0.3) is 0 Å². The van der Waals surface area contributed by atoms with Crippen LogP contribution in [0, 0.1) is 5.92 Å². The molecule has 1 saturated carbocycles. The van der Waals surface area contributed by atoms with E-state index in [4.69, 9.17) is 0 Å². The molecule has 2 aromatic carbocycles. The minimum atomic E-state index is -0.610. The lowest BCUT2D eigenvalue weighted by Crippen LogP contribution is -2.41. The van der Waals surface area contributed by atoms with Crippen LogP contribution in [-0.4, -0.2) is 24.9 Å². The molecule has 0 radical (unpaired) electrons. The Kier molecular flexibility index (Phi) is 6.13. The molecule has 2 aromatic rings. The van der Waals surface area contributed by atoms with E-state index in [2.05, 4.69) is 21.6 Å². The molecule has 29 heavy (non-hydrogen) atoms. The molecule has 4 rings (SSSR count). The van der Waals surface area contributed by atoms with E-state index < -0.39 is 11.8 Å². The number of nitrogens with one attached hydrogen (secondary N) is 2. The van der Waals surface area contributed by atoms with Crippen LogP contribution in [0.4, 0.5) is 11.4 Å². The Bertz CT molecular complexity index is 842. The third kappa shape index (κ3) is 4.78. The second-order valence-corrected chi connectivity index (χ2v) is 8.10. The van der Waals surface area contributed by atoms with E-state index in [0.717, 1.165) is 37.2 Å².